The Labute approximate surface area is 114 Å². The van der Waals surface area contributed by atoms with Crippen LogP contribution in [0.3, 0.4) is 0 Å². The van der Waals surface area contributed by atoms with E-state index in [-0.39, 0.29) is 16.9 Å². The van der Waals surface area contributed by atoms with Crippen molar-refractivity contribution in [2.45, 2.75) is 18.6 Å². The Hall–Kier alpha value is -1.64. The lowest BCUT2D eigenvalue weighted by molar-refractivity contribution is -0.385. The van der Waals surface area contributed by atoms with Crippen LogP contribution in [0.15, 0.2) is 18.2 Å². The van der Waals surface area contributed by atoms with E-state index in [9.17, 15) is 25.1 Å². The number of carboxylic acids is 1. The highest BCUT2D eigenvalue weighted by molar-refractivity contribution is 7.80. The molecule has 0 heterocycles. The van der Waals surface area contributed by atoms with Crippen LogP contribution in [0.25, 0.3) is 0 Å². The van der Waals surface area contributed by atoms with Gasteiger partial charge in [-0.05, 0) is 5.56 Å². The van der Waals surface area contributed by atoms with Crippen LogP contribution in [0.4, 0.5) is 5.69 Å². The summed E-state index contributed by atoms with van der Waals surface area (Å²) in [4.78, 5) is 20.7. The summed E-state index contributed by atoms with van der Waals surface area (Å²) in [5.41, 5.74) is -0.221. The maximum absolute atomic E-state index is 10.9. The molecule has 0 aromatic heterocycles. The molecule has 3 N–H and O–H groups in total. The van der Waals surface area contributed by atoms with Crippen LogP contribution in [-0.4, -0.2) is 38.1 Å². The van der Waals surface area contributed by atoms with Gasteiger partial charge in [-0.25, -0.2) is 0 Å². The predicted octanol–water partition coefficient (Wildman–Crippen LogP) is 0.546. The van der Waals surface area contributed by atoms with Crippen molar-refractivity contribution >= 4 is 24.3 Å². The largest absolute Gasteiger partial charge is 0.481 e. The van der Waals surface area contributed by atoms with Gasteiger partial charge in [-0.3, -0.25) is 14.9 Å². The van der Waals surface area contributed by atoms with Gasteiger partial charge in [0.1, 0.15) is 6.10 Å². The minimum Gasteiger partial charge on any atom is -0.481 e. The molecule has 0 spiro atoms. The van der Waals surface area contributed by atoms with Crippen LogP contribution in [-0.2, 0) is 11.2 Å². The van der Waals surface area contributed by atoms with Gasteiger partial charge in [0.15, 0.2) is 0 Å². The third kappa shape index (κ3) is 3.91. The molecule has 8 heteroatoms. The maximum Gasteiger partial charge on any atom is 0.308 e. The number of carbonyl (C=O) groups is 1. The van der Waals surface area contributed by atoms with Crippen molar-refractivity contribution < 1.29 is 25.0 Å². The number of nitrogens with zero attached hydrogens (tertiary/aromatic N) is 1. The van der Waals surface area contributed by atoms with Crippen molar-refractivity contribution in [2.24, 2.45) is 0 Å². The standard InChI is InChI=1S/C11H13NO6S/c13-9(5-19)11(16)7-2-1-6(4-10(14)15)8(3-7)12(17)18/h1-3,9,11,13,16,19H,4-5H2,(H,14,15). The van der Waals surface area contributed by atoms with Crippen LogP contribution < -0.4 is 0 Å². The van der Waals surface area contributed by atoms with E-state index in [1.165, 1.54) is 12.1 Å². The smallest absolute Gasteiger partial charge is 0.308 e. The molecule has 7 nitrogen and oxygen atoms in total. The third-order valence-corrected chi connectivity index (χ3v) is 2.91. The second kappa shape index (κ2) is 6.50. The topological polar surface area (TPSA) is 121 Å². The number of nitro groups is 1. The molecule has 0 fully saturated rings. The molecule has 0 amide bonds. The molecule has 1 aromatic carbocycles. The zero-order chi connectivity index (χ0) is 14.6. The molecule has 0 saturated carbocycles. The second-order valence-corrected chi connectivity index (χ2v) is 4.28. The first kappa shape index (κ1) is 15.4. The molecule has 0 aliphatic carbocycles. The number of aliphatic hydroxyl groups is 2. The Morgan fingerprint density at radius 2 is 2.05 bits per heavy atom. The van der Waals surface area contributed by atoms with Crippen LogP contribution in [0.1, 0.15) is 17.2 Å². The molecule has 1 aromatic rings. The molecule has 1 rings (SSSR count). The number of carboxylic acid groups (broad SMARTS) is 1. The Kier molecular flexibility index (Phi) is 5.28. The van der Waals surface area contributed by atoms with Crippen molar-refractivity contribution in [1.82, 2.24) is 0 Å². The molecule has 2 unspecified atom stereocenters. The van der Waals surface area contributed by atoms with Gasteiger partial charge in [-0.15, -0.1) is 0 Å². The minimum absolute atomic E-state index is 0.00809. The number of thiol groups is 1. The van der Waals surface area contributed by atoms with E-state index >= 15 is 0 Å². The number of nitro benzene ring substituents is 1. The quantitative estimate of drug-likeness (QED) is 0.344. The molecular formula is C11H13NO6S. The lowest BCUT2D eigenvalue weighted by Gasteiger charge is -2.16. The summed E-state index contributed by atoms with van der Waals surface area (Å²) in [7, 11) is 0. The van der Waals surface area contributed by atoms with Gasteiger partial charge in [-0.2, -0.15) is 12.6 Å². The maximum atomic E-state index is 10.9. The van der Waals surface area contributed by atoms with E-state index in [1.807, 2.05) is 0 Å². The zero-order valence-electron chi connectivity index (χ0n) is 9.76. The molecule has 0 bridgehead atoms. The molecule has 0 aliphatic rings. The monoisotopic (exact) mass is 287 g/mol. The van der Waals surface area contributed by atoms with E-state index in [1.54, 1.807) is 0 Å². The Balaban J connectivity index is 3.15. The SMILES string of the molecule is O=C(O)Cc1ccc(C(O)C(O)CS)cc1[N+](=O)[O-]. The fourth-order valence-corrected chi connectivity index (χ4v) is 1.77. The molecule has 19 heavy (non-hydrogen) atoms. The normalized spacial score (nSPS) is 13.8. The Bertz CT molecular complexity index is 492. The van der Waals surface area contributed by atoms with E-state index < -0.39 is 35.2 Å². The zero-order valence-corrected chi connectivity index (χ0v) is 10.7. The number of hydrogen-bond acceptors (Lipinski definition) is 6. The van der Waals surface area contributed by atoms with E-state index in [2.05, 4.69) is 12.6 Å². The predicted molar refractivity (Wildman–Crippen MR) is 69.3 cm³/mol. The number of aliphatic carboxylic acids is 1. The lowest BCUT2D eigenvalue weighted by Crippen LogP contribution is -2.20. The van der Waals surface area contributed by atoms with Crippen molar-refractivity contribution in [2.75, 3.05) is 5.75 Å². The first-order valence-corrected chi connectivity index (χ1v) is 5.96. The van der Waals surface area contributed by atoms with Gasteiger partial charge in [0.2, 0.25) is 0 Å². The molecular weight excluding hydrogens is 274 g/mol. The van der Waals surface area contributed by atoms with Gasteiger partial charge in [0.05, 0.1) is 17.4 Å². The minimum atomic E-state index is -1.31. The van der Waals surface area contributed by atoms with Crippen LogP contribution >= 0.6 is 12.6 Å². The van der Waals surface area contributed by atoms with Crippen LogP contribution in [0, 0.1) is 10.1 Å². The van der Waals surface area contributed by atoms with Gasteiger partial charge in [0, 0.05) is 17.4 Å². The summed E-state index contributed by atoms with van der Waals surface area (Å²) < 4.78 is 0. The fourth-order valence-electron chi connectivity index (χ4n) is 1.57. The molecule has 2 atom stereocenters. The molecule has 0 radical (unpaired) electrons. The highest BCUT2D eigenvalue weighted by atomic mass is 32.1. The molecule has 104 valence electrons. The summed E-state index contributed by atoms with van der Waals surface area (Å²) in [6.45, 7) is 0. The Morgan fingerprint density at radius 3 is 2.53 bits per heavy atom. The number of benzene rings is 1. The summed E-state index contributed by atoms with van der Waals surface area (Å²) in [6.07, 6.45) is -2.95. The first-order valence-electron chi connectivity index (χ1n) is 5.32. The van der Waals surface area contributed by atoms with Gasteiger partial charge in [-0.1, -0.05) is 12.1 Å². The van der Waals surface area contributed by atoms with Gasteiger partial charge < -0.3 is 15.3 Å². The highest BCUT2D eigenvalue weighted by Gasteiger charge is 2.22. The summed E-state index contributed by atoms with van der Waals surface area (Å²) in [6, 6.07) is 3.67. The van der Waals surface area contributed by atoms with E-state index in [4.69, 9.17) is 5.11 Å². The first-order chi connectivity index (χ1) is 8.86. The fraction of sp³-hybridized carbons (Fsp3) is 0.364. The van der Waals surface area contributed by atoms with Crippen molar-refractivity contribution in [1.29, 1.82) is 0 Å². The summed E-state index contributed by atoms with van der Waals surface area (Å²) in [5, 5.41) is 38.7. The Morgan fingerprint density at radius 1 is 1.42 bits per heavy atom. The van der Waals surface area contributed by atoms with Crippen LogP contribution in [0.2, 0.25) is 0 Å². The van der Waals surface area contributed by atoms with Crippen molar-refractivity contribution in [3.8, 4) is 0 Å². The number of hydrogen-bond donors (Lipinski definition) is 4. The lowest BCUT2D eigenvalue weighted by atomic mass is 10.0. The second-order valence-electron chi connectivity index (χ2n) is 3.91. The highest BCUT2D eigenvalue weighted by Crippen LogP contribution is 2.26. The average Bonchev–Trinajstić information content (AvgIpc) is 2.36. The van der Waals surface area contributed by atoms with Crippen molar-refractivity contribution in [3.05, 3.63) is 39.4 Å². The van der Waals surface area contributed by atoms with Gasteiger partial charge in [0.25, 0.3) is 5.69 Å². The number of aliphatic hydroxyl groups excluding tert-OH is 2. The molecule has 0 aliphatic heterocycles. The number of rotatable bonds is 6. The van der Waals surface area contributed by atoms with Gasteiger partial charge >= 0.3 is 5.97 Å². The summed E-state index contributed by atoms with van der Waals surface area (Å²) in [5.74, 6) is -1.20. The average molecular weight is 287 g/mol. The third-order valence-electron chi connectivity index (χ3n) is 2.54. The van der Waals surface area contributed by atoms with Crippen molar-refractivity contribution in [3.63, 3.8) is 0 Å². The van der Waals surface area contributed by atoms with Crippen LogP contribution in [0.5, 0.6) is 0 Å². The summed E-state index contributed by atoms with van der Waals surface area (Å²) >= 11 is 3.82. The molecule has 0 saturated heterocycles. The van der Waals surface area contributed by atoms with E-state index in [0.717, 1.165) is 6.07 Å². The van der Waals surface area contributed by atoms with E-state index in [0.29, 0.717) is 0 Å².